The maximum atomic E-state index is 13.4. The van der Waals surface area contributed by atoms with E-state index in [1.54, 1.807) is 6.07 Å². The highest BCUT2D eigenvalue weighted by molar-refractivity contribution is 5.93. The highest BCUT2D eigenvalue weighted by Gasteiger charge is 2.49. The van der Waals surface area contributed by atoms with Gasteiger partial charge in [-0.25, -0.2) is 4.39 Å². The third kappa shape index (κ3) is 3.55. The number of carbonyl (C=O) groups is 2. The van der Waals surface area contributed by atoms with Crippen molar-refractivity contribution in [1.82, 2.24) is 10.6 Å². The van der Waals surface area contributed by atoms with Crippen LogP contribution >= 0.6 is 0 Å². The summed E-state index contributed by atoms with van der Waals surface area (Å²) in [5, 5.41) is 6.11. The lowest BCUT2D eigenvalue weighted by Gasteiger charge is -2.29. The lowest BCUT2D eigenvalue weighted by molar-refractivity contribution is -0.134. The lowest BCUT2D eigenvalue weighted by atomic mass is 9.95. The van der Waals surface area contributed by atoms with Crippen molar-refractivity contribution < 1.29 is 14.0 Å². The normalized spacial score (nSPS) is 26.9. The van der Waals surface area contributed by atoms with Gasteiger partial charge in [-0.15, -0.1) is 0 Å². The number of hydrogen-bond acceptors (Lipinski definition) is 2. The Labute approximate surface area is 147 Å². The average molecular weight is 344 g/mol. The summed E-state index contributed by atoms with van der Waals surface area (Å²) in [6.45, 7) is 0.728. The minimum absolute atomic E-state index is 0.0202. The van der Waals surface area contributed by atoms with Crippen molar-refractivity contribution >= 4 is 11.8 Å². The Morgan fingerprint density at radius 1 is 1.20 bits per heavy atom. The van der Waals surface area contributed by atoms with E-state index in [0.29, 0.717) is 18.8 Å². The molecule has 1 aromatic carbocycles. The van der Waals surface area contributed by atoms with Gasteiger partial charge in [0.25, 0.3) is 0 Å². The number of rotatable bonds is 6. The number of amides is 2. The molecule has 0 aromatic heterocycles. The van der Waals surface area contributed by atoms with E-state index >= 15 is 0 Å². The summed E-state index contributed by atoms with van der Waals surface area (Å²) in [6, 6.07) is 6.47. The van der Waals surface area contributed by atoms with E-state index in [2.05, 4.69) is 10.6 Å². The van der Waals surface area contributed by atoms with Crippen molar-refractivity contribution in [3.63, 3.8) is 0 Å². The van der Waals surface area contributed by atoms with Crippen molar-refractivity contribution in [2.24, 2.45) is 11.8 Å². The quantitative estimate of drug-likeness (QED) is 0.834. The van der Waals surface area contributed by atoms with Crippen LogP contribution in [0.1, 0.15) is 56.4 Å². The zero-order chi connectivity index (χ0) is 17.4. The molecule has 2 amide bonds. The molecule has 5 heteroatoms. The van der Waals surface area contributed by atoms with Gasteiger partial charge in [-0.3, -0.25) is 9.59 Å². The van der Waals surface area contributed by atoms with Crippen molar-refractivity contribution in [2.45, 2.75) is 56.4 Å². The molecule has 4 nitrogen and oxygen atoms in total. The van der Waals surface area contributed by atoms with Gasteiger partial charge in [-0.2, -0.15) is 0 Å². The van der Waals surface area contributed by atoms with Gasteiger partial charge in [-0.1, -0.05) is 25.0 Å². The van der Waals surface area contributed by atoms with Gasteiger partial charge in [0.1, 0.15) is 11.4 Å². The molecule has 0 bridgehead atoms. The molecule has 3 saturated carbocycles. The molecular weight excluding hydrogens is 319 g/mol. The Kier molecular flexibility index (Phi) is 4.26. The molecule has 134 valence electrons. The first kappa shape index (κ1) is 16.6. The van der Waals surface area contributed by atoms with E-state index in [4.69, 9.17) is 0 Å². The Morgan fingerprint density at radius 3 is 2.64 bits per heavy atom. The monoisotopic (exact) mass is 344 g/mol. The summed E-state index contributed by atoms with van der Waals surface area (Å²) in [6.07, 6.45) is 6.48. The number of nitrogens with one attached hydrogen (secondary N) is 2. The van der Waals surface area contributed by atoms with Crippen LogP contribution in [-0.4, -0.2) is 23.9 Å². The second-order valence-corrected chi connectivity index (χ2v) is 7.94. The van der Waals surface area contributed by atoms with E-state index in [1.807, 2.05) is 6.07 Å². The summed E-state index contributed by atoms with van der Waals surface area (Å²) in [5.41, 5.74) is 0.139. The van der Waals surface area contributed by atoms with Crippen LogP contribution in [0.3, 0.4) is 0 Å². The third-order valence-electron chi connectivity index (χ3n) is 5.91. The summed E-state index contributed by atoms with van der Waals surface area (Å²) in [4.78, 5) is 25.4. The standard InChI is InChI=1S/C20H25FN2O2/c21-15-5-3-4-14(10-15)16-11-17(16)18(24)23-20(8-1-2-9-20)19(25)22-12-13-6-7-13/h3-5,10,13,16-17H,1-2,6-9,11-12H2,(H,22,25)(H,23,24)/t16-,17+/m1/s1. The van der Waals surface area contributed by atoms with Crippen LogP contribution in [0.25, 0.3) is 0 Å². The maximum absolute atomic E-state index is 13.4. The molecule has 0 unspecified atom stereocenters. The fraction of sp³-hybridized carbons (Fsp3) is 0.600. The van der Waals surface area contributed by atoms with Crippen molar-refractivity contribution in [1.29, 1.82) is 0 Å². The Hall–Kier alpha value is -1.91. The molecule has 0 aliphatic heterocycles. The Morgan fingerprint density at radius 2 is 1.96 bits per heavy atom. The molecule has 3 aliphatic rings. The second kappa shape index (κ2) is 6.43. The molecule has 3 fully saturated rings. The highest BCUT2D eigenvalue weighted by Crippen LogP contribution is 2.48. The van der Waals surface area contributed by atoms with E-state index in [-0.39, 0.29) is 29.5 Å². The van der Waals surface area contributed by atoms with Gasteiger partial charge in [0, 0.05) is 12.5 Å². The lowest BCUT2D eigenvalue weighted by Crippen LogP contribution is -2.57. The first-order valence-electron chi connectivity index (χ1n) is 9.43. The van der Waals surface area contributed by atoms with Gasteiger partial charge in [0.15, 0.2) is 0 Å². The minimum Gasteiger partial charge on any atom is -0.354 e. The summed E-state index contributed by atoms with van der Waals surface area (Å²) in [5.74, 6) is 0.208. The predicted molar refractivity (Wildman–Crippen MR) is 92.3 cm³/mol. The summed E-state index contributed by atoms with van der Waals surface area (Å²) >= 11 is 0. The fourth-order valence-electron chi connectivity index (χ4n) is 4.03. The minimum atomic E-state index is -0.735. The van der Waals surface area contributed by atoms with Gasteiger partial charge in [0.05, 0.1) is 0 Å². The van der Waals surface area contributed by atoms with E-state index in [0.717, 1.165) is 31.4 Å². The largest absolute Gasteiger partial charge is 0.354 e. The van der Waals surface area contributed by atoms with Crippen LogP contribution in [0.15, 0.2) is 24.3 Å². The van der Waals surface area contributed by atoms with Crippen molar-refractivity contribution in [2.75, 3.05) is 6.54 Å². The number of benzene rings is 1. The van der Waals surface area contributed by atoms with Crippen molar-refractivity contribution in [3.05, 3.63) is 35.6 Å². The number of hydrogen-bond donors (Lipinski definition) is 2. The van der Waals surface area contributed by atoms with Crippen LogP contribution in [0.2, 0.25) is 0 Å². The first-order chi connectivity index (χ1) is 12.1. The molecule has 0 radical (unpaired) electrons. The average Bonchev–Trinajstić information content (AvgIpc) is 3.51. The Balaban J connectivity index is 1.39. The van der Waals surface area contributed by atoms with Crippen LogP contribution in [0.4, 0.5) is 4.39 Å². The van der Waals surface area contributed by atoms with Gasteiger partial charge in [-0.05, 0) is 61.6 Å². The molecule has 2 atom stereocenters. The molecule has 4 rings (SSSR count). The van der Waals surface area contributed by atoms with Gasteiger partial charge in [0.2, 0.25) is 11.8 Å². The number of halogens is 1. The second-order valence-electron chi connectivity index (χ2n) is 7.94. The highest BCUT2D eigenvalue weighted by atomic mass is 19.1. The molecule has 2 N–H and O–H groups in total. The van der Waals surface area contributed by atoms with Crippen molar-refractivity contribution in [3.8, 4) is 0 Å². The zero-order valence-electron chi connectivity index (χ0n) is 14.4. The van der Waals surface area contributed by atoms with Crippen LogP contribution < -0.4 is 10.6 Å². The molecule has 0 spiro atoms. The topological polar surface area (TPSA) is 58.2 Å². The molecule has 0 saturated heterocycles. The molecule has 1 aromatic rings. The third-order valence-corrected chi connectivity index (χ3v) is 5.91. The SMILES string of the molecule is O=C(NC1(C(=O)NCC2CC2)CCCC1)[C@H]1C[C@@H]1c1cccc(F)c1. The summed E-state index contributed by atoms with van der Waals surface area (Å²) in [7, 11) is 0. The maximum Gasteiger partial charge on any atom is 0.245 e. The summed E-state index contributed by atoms with van der Waals surface area (Å²) < 4.78 is 13.4. The number of carbonyl (C=O) groups excluding carboxylic acids is 2. The molecule has 3 aliphatic carbocycles. The van der Waals surface area contributed by atoms with E-state index < -0.39 is 5.54 Å². The molecule has 25 heavy (non-hydrogen) atoms. The smallest absolute Gasteiger partial charge is 0.245 e. The van der Waals surface area contributed by atoms with E-state index in [1.165, 1.54) is 25.0 Å². The van der Waals surface area contributed by atoms with Gasteiger partial charge >= 0.3 is 0 Å². The van der Waals surface area contributed by atoms with E-state index in [9.17, 15) is 14.0 Å². The zero-order valence-corrected chi connectivity index (χ0v) is 14.4. The molecular formula is C20H25FN2O2. The van der Waals surface area contributed by atoms with Crippen LogP contribution in [0, 0.1) is 17.7 Å². The first-order valence-corrected chi connectivity index (χ1v) is 9.43. The predicted octanol–water partition coefficient (Wildman–Crippen LogP) is 2.88. The van der Waals surface area contributed by atoms with Gasteiger partial charge < -0.3 is 10.6 Å². The fourth-order valence-corrected chi connectivity index (χ4v) is 4.03. The molecule has 0 heterocycles. The van der Waals surface area contributed by atoms with Crippen LogP contribution in [0.5, 0.6) is 0 Å². The van der Waals surface area contributed by atoms with Crippen LogP contribution in [-0.2, 0) is 9.59 Å². The Bertz CT molecular complexity index is 680.